The van der Waals surface area contributed by atoms with Crippen LogP contribution in [0.1, 0.15) is 24.5 Å². The standard InChI is InChI=1S/C23H25N3O2S/c1-4-13-25(23(29)24-18-8-6-7-16(3)14-18)20-15-21(27)26(22(20)28)19-11-9-17(5-2)10-12-19/h4,6-12,14,20H,1,5,13,15H2,2-3H3,(H,24,29)/t20-/m1/s1. The fourth-order valence-electron chi connectivity index (χ4n) is 3.42. The van der Waals surface area contributed by atoms with Crippen molar-refractivity contribution < 1.29 is 9.59 Å². The fraction of sp³-hybridized carbons (Fsp3) is 0.261. The number of nitrogens with one attached hydrogen (secondary N) is 1. The summed E-state index contributed by atoms with van der Waals surface area (Å²) in [6, 6.07) is 14.7. The van der Waals surface area contributed by atoms with Gasteiger partial charge >= 0.3 is 0 Å². The second-order valence-corrected chi connectivity index (χ2v) is 7.43. The first-order valence-electron chi connectivity index (χ1n) is 9.65. The first-order chi connectivity index (χ1) is 13.9. The van der Waals surface area contributed by atoms with Crippen molar-refractivity contribution in [3.8, 4) is 0 Å². The summed E-state index contributed by atoms with van der Waals surface area (Å²) in [5, 5.41) is 3.57. The summed E-state index contributed by atoms with van der Waals surface area (Å²) in [5.74, 6) is -0.494. The molecule has 1 aliphatic rings. The minimum Gasteiger partial charge on any atom is -0.333 e. The molecule has 0 spiro atoms. The molecule has 1 fully saturated rings. The zero-order valence-electron chi connectivity index (χ0n) is 16.7. The maximum atomic E-state index is 13.1. The number of anilines is 2. The van der Waals surface area contributed by atoms with E-state index in [2.05, 4.69) is 18.8 Å². The molecule has 3 rings (SSSR count). The molecular weight excluding hydrogens is 382 g/mol. The molecule has 29 heavy (non-hydrogen) atoms. The molecule has 0 aromatic heterocycles. The number of amides is 2. The van der Waals surface area contributed by atoms with Gasteiger partial charge in [-0.05, 0) is 61.0 Å². The van der Waals surface area contributed by atoms with Crippen molar-refractivity contribution in [3.63, 3.8) is 0 Å². The topological polar surface area (TPSA) is 52.7 Å². The number of carbonyl (C=O) groups is 2. The molecule has 2 aromatic carbocycles. The van der Waals surface area contributed by atoms with Crippen LogP contribution in [0.4, 0.5) is 11.4 Å². The van der Waals surface area contributed by atoms with Crippen LogP contribution in [0.25, 0.3) is 0 Å². The Balaban J connectivity index is 1.81. The second kappa shape index (κ2) is 9.01. The van der Waals surface area contributed by atoms with Crippen LogP contribution in [-0.2, 0) is 16.0 Å². The highest BCUT2D eigenvalue weighted by molar-refractivity contribution is 7.80. The zero-order chi connectivity index (χ0) is 21.0. The van der Waals surface area contributed by atoms with E-state index >= 15 is 0 Å². The minimum atomic E-state index is -0.656. The summed E-state index contributed by atoms with van der Waals surface area (Å²) < 4.78 is 0. The van der Waals surface area contributed by atoms with E-state index in [1.807, 2.05) is 55.5 Å². The average Bonchev–Trinajstić information content (AvgIpc) is 3.00. The number of rotatable bonds is 6. The summed E-state index contributed by atoms with van der Waals surface area (Å²) in [6.45, 7) is 8.20. The van der Waals surface area contributed by atoms with Gasteiger partial charge in [0, 0.05) is 12.2 Å². The van der Waals surface area contributed by atoms with E-state index in [9.17, 15) is 9.59 Å². The van der Waals surface area contributed by atoms with Crippen molar-refractivity contribution in [3.05, 3.63) is 72.3 Å². The van der Waals surface area contributed by atoms with Crippen LogP contribution in [0.3, 0.4) is 0 Å². The Hall–Kier alpha value is -2.99. The van der Waals surface area contributed by atoms with Gasteiger partial charge in [-0.15, -0.1) is 6.58 Å². The molecular formula is C23H25N3O2S. The lowest BCUT2D eigenvalue weighted by Gasteiger charge is -2.29. The molecule has 5 nitrogen and oxygen atoms in total. The first-order valence-corrected chi connectivity index (χ1v) is 10.1. The Morgan fingerprint density at radius 1 is 1.28 bits per heavy atom. The van der Waals surface area contributed by atoms with E-state index < -0.39 is 6.04 Å². The first kappa shape index (κ1) is 20.7. The molecule has 0 radical (unpaired) electrons. The van der Waals surface area contributed by atoms with Gasteiger partial charge in [-0.2, -0.15) is 0 Å². The molecule has 1 aliphatic heterocycles. The van der Waals surface area contributed by atoms with Crippen LogP contribution < -0.4 is 10.2 Å². The number of aryl methyl sites for hydroxylation is 2. The summed E-state index contributed by atoms with van der Waals surface area (Å²) in [4.78, 5) is 28.8. The molecule has 6 heteroatoms. The van der Waals surface area contributed by atoms with Crippen LogP contribution >= 0.6 is 12.2 Å². The normalized spacial score (nSPS) is 16.1. The van der Waals surface area contributed by atoms with Gasteiger partial charge < -0.3 is 10.2 Å². The van der Waals surface area contributed by atoms with Crippen LogP contribution in [0.5, 0.6) is 0 Å². The van der Waals surface area contributed by atoms with Crippen LogP contribution in [0, 0.1) is 6.92 Å². The molecule has 2 aromatic rings. The number of benzene rings is 2. The van der Waals surface area contributed by atoms with Gasteiger partial charge in [0.05, 0.1) is 12.1 Å². The van der Waals surface area contributed by atoms with E-state index in [-0.39, 0.29) is 18.2 Å². The lowest BCUT2D eigenvalue weighted by Crippen LogP contribution is -2.47. The summed E-state index contributed by atoms with van der Waals surface area (Å²) in [7, 11) is 0. The van der Waals surface area contributed by atoms with E-state index in [0.717, 1.165) is 23.2 Å². The van der Waals surface area contributed by atoms with Gasteiger partial charge in [0.1, 0.15) is 6.04 Å². The largest absolute Gasteiger partial charge is 0.333 e. The highest BCUT2D eigenvalue weighted by Gasteiger charge is 2.43. The van der Waals surface area contributed by atoms with Crippen molar-refractivity contribution in [1.82, 2.24) is 4.90 Å². The van der Waals surface area contributed by atoms with Crippen LogP contribution in [0.2, 0.25) is 0 Å². The number of hydrogen-bond donors (Lipinski definition) is 1. The Morgan fingerprint density at radius 2 is 2.00 bits per heavy atom. The van der Waals surface area contributed by atoms with Crippen LogP contribution in [-0.4, -0.2) is 34.4 Å². The maximum Gasteiger partial charge on any atom is 0.257 e. The lowest BCUT2D eigenvalue weighted by molar-refractivity contribution is -0.122. The third-order valence-corrected chi connectivity index (χ3v) is 5.29. The predicted molar refractivity (Wildman–Crippen MR) is 121 cm³/mol. The number of imide groups is 1. The minimum absolute atomic E-state index is 0.0812. The highest BCUT2D eigenvalue weighted by atomic mass is 32.1. The number of thiocarbonyl (C=S) groups is 1. The molecule has 0 saturated carbocycles. The molecule has 1 atom stereocenters. The monoisotopic (exact) mass is 407 g/mol. The number of carbonyl (C=O) groups excluding carboxylic acids is 2. The van der Waals surface area contributed by atoms with Crippen molar-refractivity contribution in [2.45, 2.75) is 32.7 Å². The van der Waals surface area contributed by atoms with Crippen molar-refractivity contribution in [2.75, 3.05) is 16.8 Å². The highest BCUT2D eigenvalue weighted by Crippen LogP contribution is 2.27. The van der Waals surface area contributed by atoms with Gasteiger partial charge in [0.2, 0.25) is 5.91 Å². The SMILES string of the molecule is C=CCN(C(=S)Nc1cccc(C)c1)[C@@H]1CC(=O)N(c2ccc(CC)cc2)C1=O. The molecule has 0 bridgehead atoms. The average molecular weight is 408 g/mol. The third-order valence-electron chi connectivity index (χ3n) is 4.96. The van der Waals surface area contributed by atoms with Gasteiger partial charge in [-0.25, -0.2) is 4.90 Å². The van der Waals surface area contributed by atoms with Gasteiger partial charge in [0.15, 0.2) is 5.11 Å². The molecule has 150 valence electrons. The van der Waals surface area contributed by atoms with Crippen LogP contribution in [0.15, 0.2) is 61.2 Å². The third kappa shape index (κ3) is 4.54. The van der Waals surface area contributed by atoms with Gasteiger partial charge in [-0.3, -0.25) is 9.59 Å². The molecule has 0 aliphatic carbocycles. The Labute approximate surface area is 177 Å². The predicted octanol–water partition coefficient (Wildman–Crippen LogP) is 4.07. The number of nitrogens with zero attached hydrogens (tertiary/aromatic N) is 2. The summed E-state index contributed by atoms with van der Waals surface area (Å²) in [6.07, 6.45) is 2.66. The Bertz CT molecular complexity index is 939. The van der Waals surface area contributed by atoms with Crippen molar-refractivity contribution >= 4 is 40.5 Å². The fourth-order valence-corrected chi connectivity index (χ4v) is 3.74. The number of hydrogen-bond acceptors (Lipinski definition) is 3. The van der Waals surface area contributed by atoms with E-state index in [1.165, 1.54) is 4.90 Å². The summed E-state index contributed by atoms with van der Waals surface area (Å²) >= 11 is 5.57. The summed E-state index contributed by atoms with van der Waals surface area (Å²) in [5.41, 5.74) is 3.69. The molecule has 1 saturated heterocycles. The van der Waals surface area contributed by atoms with E-state index in [4.69, 9.17) is 12.2 Å². The van der Waals surface area contributed by atoms with Crippen molar-refractivity contribution in [2.24, 2.45) is 0 Å². The zero-order valence-corrected chi connectivity index (χ0v) is 17.5. The molecule has 0 unspecified atom stereocenters. The smallest absolute Gasteiger partial charge is 0.257 e. The second-order valence-electron chi connectivity index (χ2n) is 7.05. The molecule has 1 N–H and O–H groups in total. The Kier molecular flexibility index (Phi) is 6.44. The quantitative estimate of drug-likeness (QED) is 0.444. The van der Waals surface area contributed by atoms with Gasteiger partial charge in [-0.1, -0.05) is 37.3 Å². The molecule has 1 heterocycles. The van der Waals surface area contributed by atoms with E-state index in [1.54, 1.807) is 11.0 Å². The van der Waals surface area contributed by atoms with E-state index in [0.29, 0.717) is 17.3 Å². The molecule has 2 amide bonds. The Morgan fingerprint density at radius 3 is 2.62 bits per heavy atom. The van der Waals surface area contributed by atoms with Gasteiger partial charge in [0.25, 0.3) is 5.91 Å². The maximum absolute atomic E-state index is 13.1. The lowest BCUT2D eigenvalue weighted by atomic mass is 10.1. The van der Waals surface area contributed by atoms with Crippen molar-refractivity contribution in [1.29, 1.82) is 0 Å².